The first kappa shape index (κ1) is 8.05. The van der Waals surface area contributed by atoms with Crippen molar-refractivity contribution in [3.63, 3.8) is 0 Å². The van der Waals surface area contributed by atoms with Crippen LogP contribution in [-0.4, -0.2) is 23.5 Å². The number of likely N-dealkylation sites (N-methyl/N-ethyl adjacent to an activating group) is 1. The van der Waals surface area contributed by atoms with Crippen LogP contribution in [0, 0.1) is 0 Å². The van der Waals surface area contributed by atoms with E-state index in [0.29, 0.717) is 0 Å². The lowest BCUT2D eigenvalue weighted by Gasteiger charge is -2.23. The van der Waals surface area contributed by atoms with E-state index in [-0.39, 0.29) is 0 Å². The van der Waals surface area contributed by atoms with Crippen molar-refractivity contribution in [2.24, 2.45) is 0 Å². The Bertz CT molecular complexity index is 338. The molecule has 1 aliphatic heterocycles. The summed E-state index contributed by atoms with van der Waals surface area (Å²) in [4.78, 5) is 6.31. The molecular formula is C11H12N2. The maximum atomic E-state index is 4.10. The van der Waals surface area contributed by atoms with Gasteiger partial charge in [0.05, 0.1) is 0 Å². The standard InChI is InChI=1S/C11H12N2/c1-13-8-3-2-6-11(13)10-5-4-7-12-9-10/h2-7,9H,8H2,1H3. The molecule has 13 heavy (non-hydrogen) atoms. The van der Waals surface area contributed by atoms with Crippen LogP contribution in [0.25, 0.3) is 5.70 Å². The molecule has 2 heterocycles. The van der Waals surface area contributed by atoms with E-state index in [2.05, 4.69) is 41.2 Å². The van der Waals surface area contributed by atoms with Gasteiger partial charge in [-0.2, -0.15) is 0 Å². The number of pyridine rings is 1. The van der Waals surface area contributed by atoms with Crippen LogP contribution in [0.3, 0.4) is 0 Å². The average molecular weight is 172 g/mol. The summed E-state index contributed by atoms with van der Waals surface area (Å²) in [6, 6.07) is 4.04. The lowest BCUT2D eigenvalue weighted by molar-refractivity contribution is 0.531. The van der Waals surface area contributed by atoms with Gasteiger partial charge in [0.2, 0.25) is 0 Å². The van der Waals surface area contributed by atoms with E-state index < -0.39 is 0 Å². The zero-order valence-corrected chi connectivity index (χ0v) is 7.64. The first-order valence-corrected chi connectivity index (χ1v) is 4.36. The molecule has 0 aromatic carbocycles. The molecule has 0 fully saturated rings. The molecule has 1 aromatic rings. The number of rotatable bonds is 1. The highest BCUT2D eigenvalue weighted by Crippen LogP contribution is 2.18. The van der Waals surface area contributed by atoms with Crippen molar-refractivity contribution in [3.8, 4) is 0 Å². The molecule has 2 nitrogen and oxygen atoms in total. The molecule has 66 valence electrons. The van der Waals surface area contributed by atoms with Crippen LogP contribution in [0.4, 0.5) is 0 Å². The third kappa shape index (κ3) is 1.61. The second-order valence-corrected chi connectivity index (χ2v) is 3.10. The van der Waals surface area contributed by atoms with Crippen molar-refractivity contribution in [3.05, 3.63) is 48.3 Å². The monoisotopic (exact) mass is 172 g/mol. The summed E-state index contributed by atoms with van der Waals surface area (Å²) in [7, 11) is 2.09. The molecule has 0 spiro atoms. The highest BCUT2D eigenvalue weighted by Gasteiger charge is 2.07. The normalized spacial score (nSPS) is 15.8. The first-order chi connectivity index (χ1) is 6.38. The second kappa shape index (κ2) is 3.44. The van der Waals surface area contributed by atoms with Gasteiger partial charge in [-0.25, -0.2) is 0 Å². The molecule has 0 bridgehead atoms. The minimum absolute atomic E-state index is 0.973. The summed E-state index contributed by atoms with van der Waals surface area (Å²) in [6.45, 7) is 0.973. The maximum Gasteiger partial charge on any atom is 0.0455 e. The fourth-order valence-corrected chi connectivity index (χ4v) is 1.43. The van der Waals surface area contributed by atoms with Crippen LogP contribution < -0.4 is 0 Å². The summed E-state index contributed by atoms with van der Waals surface area (Å²) in [6.07, 6.45) is 10.0. The predicted octanol–water partition coefficient (Wildman–Crippen LogP) is 1.92. The molecule has 0 unspecified atom stereocenters. The Balaban J connectivity index is 2.35. The number of aromatic nitrogens is 1. The Hall–Kier alpha value is -1.57. The van der Waals surface area contributed by atoms with Crippen molar-refractivity contribution < 1.29 is 0 Å². The van der Waals surface area contributed by atoms with Crippen LogP contribution in [0.2, 0.25) is 0 Å². The highest BCUT2D eigenvalue weighted by atomic mass is 15.1. The summed E-state index contributed by atoms with van der Waals surface area (Å²) in [5.74, 6) is 0. The van der Waals surface area contributed by atoms with Crippen LogP contribution in [-0.2, 0) is 0 Å². The fraction of sp³-hybridized carbons (Fsp3) is 0.182. The van der Waals surface area contributed by atoms with Gasteiger partial charge in [0.1, 0.15) is 0 Å². The molecule has 0 aliphatic carbocycles. The predicted molar refractivity (Wildman–Crippen MR) is 54.0 cm³/mol. The van der Waals surface area contributed by atoms with E-state index in [1.165, 1.54) is 11.3 Å². The van der Waals surface area contributed by atoms with Gasteiger partial charge in [0.25, 0.3) is 0 Å². The van der Waals surface area contributed by atoms with E-state index >= 15 is 0 Å². The van der Waals surface area contributed by atoms with E-state index in [1.807, 2.05) is 12.3 Å². The van der Waals surface area contributed by atoms with Crippen LogP contribution >= 0.6 is 0 Å². The maximum absolute atomic E-state index is 4.10. The van der Waals surface area contributed by atoms with Crippen molar-refractivity contribution in [1.82, 2.24) is 9.88 Å². The van der Waals surface area contributed by atoms with Gasteiger partial charge in [-0.15, -0.1) is 0 Å². The lowest BCUT2D eigenvalue weighted by atomic mass is 10.1. The fourth-order valence-electron chi connectivity index (χ4n) is 1.43. The Morgan fingerprint density at radius 3 is 3.08 bits per heavy atom. The van der Waals surface area contributed by atoms with Gasteiger partial charge in [0.15, 0.2) is 0 Å². The minimum atomic E-state index is 0.973. The molecule has 0 radical (unpaired) electrons. The van der Waals surface area contributed by atoms with Crippen molar-refractivity contribution >= 4 is 5.70 Å². The van der Waals surface area contributed by atoms with Gasteiger partial charge >= 0.3 is 0 Å². The minimum Gasteiger partial charge on any atom is -0.370 e. The number of hydrogen-bond donors (Lipinski definition) is 0. The molecule has 0 amide bonds. The third-order valence-electron chi connectivity index (χ3n) is 2.14. The molecule has 0 N–H and O–H groups in total. The average Bonchev–Trinajstić information content (AvgIpc) is 2.20. The topological polar surface area (TPSA) is 16.1 Å². The highest BCUT2D eigenvalue weighted by molar-refractivity contribution is 5.65. The van der Waals surface area contributed by atoms with Gasteiger partial charge < -0.3 is 4.90 Å². The summed E-state index contributed by atoms with van der Waals surface area (Å²) in [5, 5.41) is 0. The lowest BCUT2D eigenvalue weighted by Crippen LogP contribution is -2.18. The number of hydrogen-bond acceptors (Lipinski definition) is 2. The third-order valence-corrected chi connectivity index (χ3v) is 2.14. The molecule has 1 aliphatic rings. The summed E-state index contributed by atoms with van der Waals surface area (Å²) >= 11 is 0. The van der Waals surface area contributed by atoms with Crippen LogP contribution in [0.15, 0.2) is 42.8 Å². The van der Waals surface area contributed by atoms with Crippen molar-refractivity contribution in [2.75, 3.05) is 13.6 Å². The Morgan fingerprint density at radius 1 is 1.46 bits per heavy atom. The largest absolute Gasteiger partial charge is 0.370 e. The molecule has 0 saturated heterocycles. The quantitative estimate of drug-likeness (QED) is 0.643. The van der Waals surface area contributed by atoms with E-state index in [1.54, 1.807) is 6.20 Å². The van der Waals surface area contributed by atoms with Gasteiger partial charge in [-0.3, -0.25) is 4.98 Å². The van der Waals surface area contributed by atoms with E-state index in [4.69, 9.17) is 0 Å². The molecule has 0 saturated carbocycles. The van der Waals surface area contributed by atoms with E-state index in [0.717, 1.165) is 6.54 Å². The Labute approximate surface area is 78.2 Å². The molecule has 0 atom stereocenters. The number of allylic oxidation sites excluding steroid dienone is 2. The van der Waals surface area contributed by atoms with Crippen molar-refractivity contribution in [2.45, 2.75) is 0 Å². The molecule has 2 rings (SSSR count). The summed E-state index contributed by atoms with van der Waals surface area (Å²) in [5.41, 5.74) is 2.41. The first-order valence-electron chi connectivity index (χ1n) is 4.36. The molecule has 1 aromatic heterocycles. The molecular weight excluding hydrogens is 160 g/mol. The smallest absolute Gasteiger partial charge is 0.0455 e. The number of nitrogens with zero attached hydrogens (tertiary/aromatic N) is 2. The summed E-state index contributed by atoms with van der Waals surface area (Å²) < 4.78 is 0. The van der Waals surface area contributed by atoms with Gasteiger partial charge in [-0.05, 0) is 18.2 Å². The molecule has 2 heteroatoms. The van der Waals surface area contributed by atoms with Crippen LogP contribution in [0.5, 0.6) is 0 Å². The Kier molecular flexibility index (Phi) is 2.13. The second-order valence-electron chi connectivity index (χ2n) is 3.10. The zero-order chi connectivity index (χ0) is 9.10. The Morgan fingerprint density at radius 2 is 2.38 bits per heavy atom. The van der Waals surface area contributed by atoms with Crippen LogP contribution in [0.1, 0.15) is 5.56 Å². The zero-order valence-electron chi connectivity index (χ0n) is 7.64. The van der Waals surface area contributed by atoms with Gasteiger partial charge in [0, 0.05) is 37.2 Å². The van der Waals surface area contributed by atoms with Crippen molar-refractivity contribution in [1.29, 1.82) is 0 Å². The van der Waals surface area contributed by atoms with Gasteiger partial charge in [-0.1, -0.05) is 12.2 Å². The van der Waals surface area contributed by atoms with E-state index in [9.17, 15) is 0 Å². The SMILES string of the molecule is CN1CC=CC=C1c1cccnc1.